The Labute approximate surface area is 97.4 Å². The summed E-state index contributed by atoms with van der Waals surface area (Å²) < 4.78 is 5.85. The van der Waals surface area contributed by atoms with E-state index in [4.69, 9.17) is 4.74 Å². The lowest BCUT2D eigenvalue weighted by Gasteiger charge is -2.39. The number of ether oxygens (including phenoxy) is 1. The van der Waals surface area contributed by atoms with Crippen LogP contribution in [0.5, 0.6) is 0 Å². The van der Waals surface area contributed by atoms with Crippen molar-refractivity contribution < 1.29 is 4.74 Å². The summed E-state index contributed by atoms with van der Waals surface area (Å²) in [6, 6.07) is 11.0. The molecule has 0 spiro atoms. The van der Waals surface area contributed by atoms with Crippen molar-refractivity contribution in [2.24, 2.45) is 0 Å². The molecule has 1 aliphatic heterocycles. The minimum atomic E-state index is 0.242. The smallest absolute Gasteiger partial charge is 0.0896 e. The van der Waals surface area contributed by atoms with Gasteiger partial charge in [0.05, 0.1) is 18.8 Å². The Morgan fingerprint density at radius 3 is 2.81 bits per heavy atom. The van der Waals surface area contributed by atoms with Crippen molar-refractivity contribution in [1.82, 2.24) is 10.2 Å². The van der Waals surface area contributed by atoms with Crippen molar-refractivity contribution in [3.8, 4) is 0 Å². The molecule has 1 N–H and O–H groups in total. The Bertz CT molecular complexity index is 313. The average molecular weight is 220 g/mol. The van der Waals surface area contributed by atoms with Gasteiger partial charge in [-0.1, -0.05) is 30.3 Å². The predicted octanol–water partition coefficient (Wildman–Crippen LogP) is 1.28. The molecule has 1 aromatic rings. The first-order valence-electron chi connectivity index (χ1n) is 5.84. The maximum Gasteiger partial charge on any atom is 0.0896 e. The van der Waals surface area contributed by atoms with Crippen LogP contribution in [0.2, 0.25) is 0 Å². The van der Waals surface area contributed by atoms with E-state index in [0.717, 1.165) is 19.7 Å². The van der Waals surface area contributed by atoms with Crippen LogP contribution in [0.15, 0.2) is 30.3 Å². The van der Waals surface area contributed by atoms with E-state index >= 15 is 0 Å². The zero-order chi connectivity index (χ0) is 11.4. The third kappa shape index (κ3) is 2.43. The van der Waals surface area contributed by atoms with Crippen LogP contribution in [0.3, 0.4) is 0 Å². The van der Waals surface area contributed by atoms with Gasteiger partial charge in [0.15, 0.2) is 0 Å². The number of nitrogens with zero attached hydrogens (tertiary/aromatic N) is 1. The highest BCUT2D eigenvalue weighted by atomic mass is 16.5. The van der Waals surface area contributed by atoms with E-state index in [9.17, 15) is 0 Å². The number of likely N-dealkylation sites (N-methyl/N-ethyl adjacent to an activating group) is 2. The molecule has 0 amide bonds. The van der Waals surface area contributed by atoms with Gasteiger partial charge in [-0.25, -0.2) is 0 Å². The molecule has 1 saturated heterocycles. The average Bonchev–Trinajstić information content (AvgIpc) is 2.31. The van der Waals surface area contributed by atoms with E-state index in [2.05, 4.69) is 47.6 Å². The van der Waals surface area contributed by atoms with Gasteiger partial charge in [0.25, 0.3) is 0 Å². The second kappa shape index (κ2) is 5.43. The Kier molecular flexibility index (Phi) is 3.93. The Morgan fingerprint density at radius 1 is 1.38 bits per heavy atom. The molecule has 1 fully saturated rings. The molecule has 0 aliphatic carbocycles. The lowest BCUT2D eigenvalue weighted by Crippen LogP contribution is -2.46. The van der Waals surface area contributed by atoms with Crippen molar-refractivity contribution >= 4 is 0 Å². The van der Waals surface area contributed by atoms with Gasteiger partial charge in [0.1, 0.15) is 0 Å². The lowest BCUT2D eigenvalue weighted by molar-refractivity contribution is -0.0606. The highest BCUT2D eigenvalue weighted by Crippen LogP contribution is 2.27. The van der Waals surface area contributed by atoms with Gasteiger partial charge in [-0.15, -0.1) is 0 Å². The van der Waals surface area contributed by atoms with Gasteiger partial charge in [0, 0.05) is 13.1 Å². The van der Waals surface area contributed by atoms with E-state index in [1.807, 2.05) is 7.05 Å². The molecular weight excluding hydrogens is 200 g/mol. The molecule has 16 heavy (non-hydrogen) atoms. The van der Waals surface area contributed by atoms with Gasteiger partial charge in [0.2, 0.25) is 0 Å². The van der Waals surface area contributed by atoms with Crippen LogP contribution in [0, 0.1) is 0 Å². The normalized spacial score (nSPS) is 26.9. The highest BCUT2D eigenvalue weighted by Gasteiger charge is 2.30. The molecular formula is C13H20N2O. The number of benzene rings is 1. The Hall–Kier alpha value is -0.900. The topological polar surface area (TPSA) is 24.5 Å². The van der Waals surface area contributed by atoms with Crippen LogP contribution in [0.4, 0.5) is 0 Å². The highest BCUT2D eigenvalue weighted by molar-refractivity contribution is 5.20. The van der Waals surface area contributed by atoms with Crippen molar-refractivity contribution in [2.75, 3.05) is 33.8 Å². The van der Waals surface area contributed by atoms with E-state index in [1.165, 1.54) is 5.56 Å². The van der Waals surface area contributed by atoms with Crippen LogP contribution in [0.25, 0.3) is 0 Å². The standard InChI is InChI=1S/C13H20N2O/c1-14-10-12-13(15(2)8-9-16-12)11-6-4-3-5-7-11/h3-7,12-14H,8-10H2,1-2H3/t12-,13+/m1/s1. The monoisotopic (exact) mass is 220 g/mol. The summed E-state index contributed by atoms with van der Waals surface area (Å²) in [4.78, 5) is 2.38. The first-order chi connectivity index (χ1) is 7.83. The van der Waals surface area contributed by atoms with Crippen LogP contribution in [-0.2, 0) is 4.74 Å². The van der Waals surface area contributed by atoms with E-state index in [0.29, 0.717) is 6.04 Å². The summed E-state index contributed by atoms with van der Waals surface area (Å²) in [5.74, 6) is 0. The fraction of sp³-hybridized carbons (Fsp3) is 0.538. The lowest BCUT2D eigenvalue weighted by atomic mass is 9.98. The minimum Gasteiger partial charge on any atom is -0.374 e. The molecule has 1 aliphatic rings. The molecule has 3 heteroatoms. The van der Waals surface area contributed by atoms with Crippen LogP contribution in [0.1, 0.15) is 11.6 Å². The maximum absolute atomic E-state index is 5.85. The summed E-state index contributed by atoms with van der Waals surface area (Å²) in [5.41, 5.74) is 1.34. The molecule has 2 rings (SSSR count). The van der Waals surface area contributed by atoms with Crippen molar-refractivity contribution in [3.05, 3.63) is 35.9 Å². The van der Waals surface area contributed by atoms with Crippen molar-refractivity contribution in [3.63, 3.8) is 0 Å². The summed E-state index contributed by atoms with van der Waals surface area (Å²) in [6.07, 6.45) is 0.242. The molecule has 0 bridgehead atoms. The van der Waals surface area contributed by atoms with Crippen LogP contribution < -0.4 is 5.32 Å². The molecule has 0 saturated carbocycles. The zero-order valence-electron chi connectivity index (χ0n) is 10.0. The molecule has 0 radical (unpaired) electrons. The van der Waals surface area contributed by atoms with Gasteiger partial charge < -0.3 is 10.1 Å². The fourth-order valence-corrected chi connectivity index (χ4v) is 2.35. The van der Waals surface area contributed by atoms with Gasteiger partial charge in [-0.2, -0.15) is 0 Å². The number of hydrogen-bond acceptors (Lipinski definition) is 3. The quantitative estimate of drug-likeness (QED) is 0.830. The molecule has 88 valence electrons. The number of morpholine rings is 1. The number of rotatable bonds is 3. The molecule has 1 heterocycles. The first-order valence-corrected chi connectivity index (χ1v) is 5.84. The second-order valence-corrected chi connectivity index (χ2v) is 4.30. The number of hydrogen-bond donors (Lipinski definition) is 1. The van der Waals surface area contributed by atoms with Crippen molar-refractivity contribution in [2.45, 2.75) is 12.1 Å². The molecule has 3 nitrogen and oxygen atoms in total. The molecule has 2 atom stereocenters. The predicted molar refractivity (Wildman–Crippen MR) is 65.5 cm³/mol. The number of nitrogens with one attached hydrogen (secondary N) is 1. The minimum absolute atomic E-state index is 0.242. The SMILES string of the molecule is CNC[C@H]1OCCN(C)[C@H]1c1ccccc1. The van der Waals surface area contributed by atoms with E-state index in [-0.39, 0.29) is 6.10 Å². The summed E-state index contributed by atoms with van der Waals surface area (Å²) in [7, 11) is 4.14. The third-order valence-corrected chi connectivity index (χ3v) is 3.15. The van der Waals surface area contributed by atoms with Crippen LogP contribution >= 0.6 is 0 Å². The molecule has 0 unspecified atom stereocenters. The molecule has 0 aromatic heterocycles. The zero-order valence-corrected chi connectivity index (χ0v) is 10.0. The summed E-state index contributed by atoms with van der Waals surface area (Å²) >= 11 is 0. The Morgan fingerprint density at radius 2 is 2.12 bits per heavy atom. The second-order valence-electron chi connectivity index (χ2n) is 4.30. The van der Waals surface area contributed by atoms with Gasteiger partial charge in [-0.05, 0) is 19.7 Å². The largest absolute Gasteiger partial charge is 0.374 e. The van der Waals surface area contributed by atoms with E-state index < -0.39 is 0 Å². The fourth-order valence-electron chi connectivity index (χ4n) is 2.35. The third-order valence-electron chi connectivity index (χ3n) is 3.15. The maximum atomic E-state index is 5.85. The van der Waals surface area contributed by atoms with Gasteiger partial charge >= 0.3 is 0 Å². The summed E-state index contributed by atoms with van der Waals surface area (Å²) in [5, 5.41) is 3.21. The Balaban J connectivity index is 2.19. The van der Waals surface area contributed by atoms with Crippen molar-refractivity contribution in [1.29, 1.82) is 0 Å². The van der Waals surface area contributed by atoms with E-state index in [1.54, 1.807) is 0 Å². The summed E-state index contributed by atoms with van der Waals surface area (Å²) in [6.45, 7) is 2.72. The van der Waals surface area contributed by atoms with Crippen LogP contribution in [-0.4, -0.2) is 44.8 Å². The molecule has 1 aromatic carbocycles. The first kappa shape index (κ1) is 11.6. The van der Waals surface area contributed by atoms with Gasteiger partial charge in [-0.3, -0.25) is 4.90 Å².